The van der Waals surface area contributed by atoms with Gasteiger partial charge in [-0.1, -0.05) is 61.9 Å². The maximum absolute atomic E-state index is 12.4. The van der Waals surface area contributed by atoms with E-state index in [4.69, 9.17) is 4.74 Å². The highest BCUT2D eigenvalue weighted by Crippen LogP contribution is 2.44. The lowest BCUT2D eigenvalue weighted by Crippen LogP contribution is -2.56. The van der Waals surface area contributed by atoms with E-state index >= 15 is 0 Å². The van der Waals surface area contributed by atoms with Gasteiger partial charge in [0.2, 0.25) is 0 Å². The quantitative estimate of drug-likeness (QED) is 0.853. The Morgan fingerprint density at radius 1 is 1.11 bits per heavy atom. The number of fused-ring (bicyclic) bond motifs is 3. The minimum atomic E-state index is -1.22. The molecule has 2 atom stereocenters. The molecule has 2 unspecified atom stereocenters. The number of benzene rings is 2. The van der Waals surface area contributed by atoms with E-state index in [1.807, 2.05) is 31.2 Å². The zero-order valence-electron chi connectivity index (χ0n) is 15.3. The Labute approximate surface area is 158 Å². The van der Waals surface area contributed by atoms with E-state index in [0.29, 0.717) is 6.42 Å². The molecule has 2 aliphatic carbocycles. The fraction of sp³-hybridized carbons (Fsp3) is 0.364. The number of carboxylic acid groups (broad SMARTS) is 1. The Morgan fingerprint density at radius 3 is 2.22 bits per heavy atom. The number of hydrogen-bond donors (Lipinski definition) is 2. The Hall–Kier alpha value is -2.82. The summed E-state index contributed by atoms with van der Waals surface area (Å²) in [5.74, 6) is -1.14. The van der Waals surface area contributed by atoms with E-state index in [2.05, 4.69) is 29.6 Å². The number of carbonyl (C=O) groups is 2. The van der Waals surface area contributed by atoms with Crippen molar-refractivity contribution >= 4 is 12.1 Å². The molecule has 1 fully saturated rings. The molecule has 0 radical (unpaired) electrons. The van der Waals surface area contributed by atoms with Crippen LogP contribution in [-0.2, 0) is 9.53 Å². The molecule has 0 saturated heterocycles. The fourth-order valence-corrected chi connectivity index (χ4v) is 4.55. The first-order valence-electron chi connectivity index (χ1n) is 9.39. The lowest BCUT2D eigenvalue weighted by molar-refractivity contribution is -0.146. The van der Waals surface area contributed by atoms with Gasteiger partial charge in [0.25, 0.3) is 0 Å². The number of carboxylic acids is 1. The minimum Gasteiger partial charge on any atom is -0.479 e. The summed E-state index contributed by atoms with van der Waals surface area (Å²) in [4.78, 5) is 24.2. The van der Waals surface area contributed by atoms with Crippen molar-refractivity contribution in [1.82, 2.24) is 5.32 Å². The van der Waals surface area contributed by atoms with Crippen molar-refractivity contribution in [1.29, 1.82) is 0 Å². The topological polar surface area (TPSA) is 75.6 Å². The number of hydrogen-bond acceptors (Lipinski definition) is 3. The molecule has 1 amide bonds. The van der Waals surface area contributed by atoms with Gasteiger partial charge in [0, 0.05) is 5.92 Å². The molecular formula is C22H23NO4. The van der Waals surface area contributed by atoms with Gasteiger partial charge in [-0.25, -0.2) is 9.59 Å². The second-order valence-corrected chi connectivity index (χ2v) is 7.52. The van der Waals surface area contributed by atoms with Crippen LogP contribution < -0.4 is 5.32 Å². The summed E-state index contributed by atoms with van der Waals surface area (Å²) in [6, 6.07) is 16.2. The molecule has 0 aliphatic heterocycles. The van der Waals surface area contributed by atoms with Crippen molar-refractivity contribution in [3.8, 4) is 11.1 Å². The zero-order chi connectivity index (χ0) is 19.0. The molecule has 140 valence electrons. The Morgan fingerprint density at radius 2 is 1.70 bits per heavy atom. The molecule has 4 rings (SSSR count). The normalized spacial score (nSPS) is 23.5. The average molecular weight is 365 g/mol. The predicted octanol–water partition coefficient (Wildman–Crippen LogP) is 4.17. The third-order valence-corrected chi connectivity index (χ3v) is 6.10. The summed E-state index contributed by atoms with van der Waals surface area (Å²) < 4.78 is 5.51. The lowest BCUT2D eigenvalue weighted by atomic mass is 9.88. The fourth-order valence-electron chi connectivity index (χ4n) is 4.55. The van der Waals surface area contributed by atoms with Gasteiger partial charge in [0.05, 0.1) is 0 Å². The molecule has 0 heterocycles. The summed E-state index contributed by atoms with van der Waals surface area (Å²) in [5.41, 5.74) is 3.37. The summed E-state index contributed by atoms with van der Waals surface area (Å²) >= 11 is 0. The second-order valence-electron chi connectivity index (χ2n) is 7.52. The van der Waals surface area contributed by atoms with Gasteiger partial charge in [-0.05, 0) is 41.0 Å². The van der Waals surface area contributed by atoms with Crippen molar-refractivity contribution in [2.45, 2.75) is 37.6 Å². The molecule has 0 spiro atoms. The van der Waals surface area contributed by atoms with E-state index in [1.54, 1.807) is 0 Å². The highest BCUT2D eigenvalue weighted by Gasteiger charge is 2.48. The summed E-state index contributed by atoms with van der Waals surface area (Å²) in [6.07, 6.45) is 1.36. The van der Waals surface area contributed by atoms with Crippen LogP contribution in [0.1, 0.15) is 43.2 Å². The monoisotopic (exact) mass is 365 g/mol. The van der Waals surface area contributed by atoms with Gasteiger partial charge in [-0.2, -0.15) is 0 Å². The minimum absolute atomic E-state index is 0.0371. The van der Waals surface area contributed by atoms with Gasteiger partial charge in [-0.15, -0.1) is 0 Å². The number of rotatable bonds is 4. The Kier molecular flexibility index (Phi) is 4.38. The molecule has 2 N–H and O–H groups in total. The summed E-state index contributed by atoms with van der Waals surface area (Å²) in [7, 11) is 0. The van der Waals surface area contributed by atoms with Crippen molar-refractivity contribution < 1.29 is 19.4 Å². The molecule has 2 aromatic carbocycles. The maximum Gasteiger partial charge on any atom is 0.408 e. The highest BCUT2D eigenvalue weighted by atomic mass is 16.5. The Balaban J connectivity index is 1.51. The van der Waals surface area contributed by atoms with E-state index in [0.717, 1.165) is 35.1 Å². The van der Waals surface area contributed by atoms with Crippen LogP contribution in [0.25, 0.3) is 11.1 Å². The van der Waals surface area contributed by atoms with Crippen LogP contribution in [0.3, 0.4) is 0 Å². The second kappa shape index (κ2) is 6.72. The molecule has 1 saturated carbocycles. The molecule has 5 nitrogen and oxygen atoms in total. The smallest absolute Gasteiger partial charge is 0.408 e. The number of amides is 1. The number of carbonyl (C=O) groups excluding carboxylic acids is 1. The molecule has 5 heteroatoms. The van der Waals surface area contributed by atoms with E-state index in [9.17, 15) is 14.7 Å². The number of nitrogens with one attached hydrogen (secondary N) is 1. The van der Waals surface area contributed by atoms with Gasteiger partial charge in [-0.3, -0.25) is 0 Å². The standard InChI is InChI=1S/C22H23NO4/c1-14-7-6-12-22(14,20(24)25)23-21(26)27-13-19-17-10-4-2-8-15(17)16-9-3-5-11-18(16)19/h2-5,8-11,14,19H,6-7,12-13H2,1H3,(H,23,26)(H,24,25). The van der Waals surface area contributed by atoms with Crippen LogP contribution in [0.2, 0.25) is 0 Å². The van der Waals surface area contributed by atoms with Crippen molar-refractivity contribution in [2.75, 3.05) is 6.61 Å². The van der Waals surface area contributed by atoms with Gasteiger partial charge >= 0.3 is 12.1 Å². The first-order valence-corrected chi connectivity index (χ1v) is 9.39. The van der Waals surface area contributed by atoms with E-state index < -0.39 is 17.6 Å². The summed E-state index contributed by atoms with van der Waals surface area (Å²) in [5, 5.41) is 12.3. The molecule has 0 bridgehead atoms. The van der Waals surface area contributed by atoms with Crippen LogP contribution >= 0.6 is 0 Å². The predicted molar refractivity (Wildman–Crippen MR) is 102 cm³/mol. The van der Waals surface area contributed by atoms with Crippen molar-refractivity contribution in [3.05, 3.63) is 59.7 Å². The molecule has 27 heavy (non-hydrogen) atoms. The lowest BCUT2D eigenvalue weighted by Gasteiger charge is -2.30. The van der Waals surface area contributed by atoms with Crippen LogP contribution in [0, 0.1) is 5.92 Å². The number of ether oxygens (including phenoxy) is 1. The zero-order valence-corrected chi connectivity index (χ0v) is 15.3. The third-order valence-electron chi connectivity index (χ3n) is 6.10. The Bertz CT molecular complexity index is 848. The molecule has 2 aliphatic rings. The van der Waals surface area contributed by atoms with E-state index in [1.165, 1.54) is 0 Å². The number of alkyl carbamates (subject to hydrolysis) is 1. The third kappa shape index (κ3) is 2.87. The SMILES string of the molecule is CC1CCCC1(NC(=O)OCC1c2ccccc2-c2ccccc21)C(=O)O. The van der Waals surface area contributed by atoms with Crippen molar-refractivity contribution in [2.24, 2.45) is 5.92 Å². The molecule has 2 aromatic rings. The largest absolute Gasteiger partial charge is 0.479 e. The van der Waals surface area contributed by atoms with E-state index in [-0.39, 0.29) is 18.4 Å². The summed E-state index contributed by atoms with van der Waals surface area (Å²) in [6.45, 7) is 2.05. The maximum atomic E-state index is 12.4. The highest BCUT2D eigenvalue weighted by molar-refractivity contribution is 5.85. The first-order chi connectivity index (χ1) is 13.0. The first kappa shape index (κ1) is 17.6. The molecular weight excluding hydrogens is 342 g/mol. The van der Waals surface area contributed by atoms with Gasteiger partial charge in [0.15, 0.2) is 0 Å². The van der Waals surface area contributed by atoms with Crippen LogP contribution in [0.15, 0.2) is 48.5 Å². The van der Waals surface area contributed by atoms with Crippen LogP contribution in [0.4, 0.5) is 4.79 Å². The van der Waals surface area contributed by atoms with Gasteiger partial charge in [0.1, 0.15) is 12.1 Å². The van der Waals surface area contributed by atoms with Crippen LogP contribution in [0.5, 0.6) is 0 Å². The average Bonchev–Trinajstić information content (AvgIpc) is 3.19. The van der Waals surface area contributed by atoms with Crippen molar-refractivity contribution in [3.63, 3.8) is 0 Å². The molecule has 0 aromatic heterocycles. The van der Waals surface area contributed by atoms with Gasteiger partial charge < -0.3 is 15.2 Å². The van der Waals surface area contributed by atoms with Crippen LogP contribution in [-0.4, -0.2) is 29.3 Å². The number of aliphatic carboxylic acids is 1.